The van der Waals surface area contributed by atoms with E-state index in [2.05, 4.69) is 39.4 Å². The van der Waals surface area contributed by atoms with Crippen molar-refractivity contribution >= 4 is 28.9 Å². The summed E-state index contributed by atoms with van der Waals surface area (Å²) in [5.41, 5.74) is 2.98. The van der Waals surface area contributed by atoms with Crippen LogP contribution in [0.5, 0.6) is 0 Å². The number of carbonyl (C=O) groups excluding carboxylic acids is 1. The quantitative estimate of drug-likeness (QED) is 0.842. The molecule has 1 N–H and O–H groups in total. The van der Waals surface area contributed by atoms with Gasteiger partial charge in [-0.3, -0.25) is 4.79 Å². The van der Waals surface area contributed by atoms with Crippen LogP contribution in [-0.2, 0) is 4.79 Å². The number of halogens is 1. The van der Waals surface area contributed by atoms with E-state index in [1.54, 1.807) is 30.3 Å². The molecule has 0 spiro atoms. The van der Waals surface area contributed by atoms with Gasteiger partial charge in [0.2, 0.25) is 5.91 Å². The van der Waals surface area contributed by atoms with Gasteiger partial charge in [-0.1, -0.05) is 29.8 Å². The van der Waals surface area contributed by atoms with E-state index in [1.807, 2.05) is 13.0 Å². The third-order valence-electron chi connectivity index (χ3n) is 4.35. The lowest BCUT2D eigenvalue weighted by Crippen LogP contribution is -2.45. The third kappa shape index (κ3) is 4.77. The summed E-state index contributed by atoms with van der Waals surface area (Å²) in [5, 5.41) is 3.52. The van der Waals surface area contributed by atoms with Crippen molar-refractivity contribution < 1.29 is 4.79 Å². The van der Waals surface area contributed by atoms with Crippen molar-refractivity contribution in [3.05, 3.63) is 71.4 Å². The summed E-state index contributed by atoms with van der Waals surface area (Å²) in [6, 6.07) is 17.5. The van der Waals surface area contributed by atoms with Crippen LogP contribution in [0.15, 0.2) is 66.4 Å². The molecule has 3 rings (SSSR count). The molecular weight excluding hydrogens is 334 g/mol. The van der Waals surface area contributed by atoms with Crippen molar-refractivity contribution in [2.75, 3.05) is 36.4 Å². The first-order valence-electron chi connectivity index (χ1n) is 8.41. The average molecular weight is 356 g/mol. The highest BCUT2D eigenvalue weighted by molar-refractivity contribution is 6.30. The van der Waals surface area contributed by atoms with Crippen molar-refractivity contribution in [1.29, 1.82) is 0 Å². The molecule has 130 valence electrons. The molecule has 0 bridgehead atoms. The molecule has 0 aromatic heterocycles. The number of benzene rings is 2. The summed E-state index contributed by atoms with van der Waals surface area (Å²) < 4.78 is 0. The van der Waals surface area contributed by atoms with Gasteiger partial charge in [-0.2, -0.15) is 0 Å². The fourth-order valence-electron chi connectivity index (χ4n) is 2.95. The molecule has 1 heterocycles. The highest BCUT2D eigenvalue weighted by Gasteiger charge is 2.17. The van der Waals surface area contributed by atoms with Crippen molar-refractivity contribution in [3.63, 3.8) is 0 Å². The SMILES string of the molecule is CC(=CC(=O)Nc1ccc(Cl)cc1)N1CCN(c2ccccc2)CC1. The van der Waals surface area contributed by atoms with Crippen LogP contribution < -0.4 is 10.2 Å². The number of anilines is 2. The lowest BCUT2D eigenvalue weighted by molar-refractivity contribution is -0.112. The molecular formula is C20H22ClN3O. The fourth-order valence-corrected chi connectivity index (χ4v) is 3.07. The van der Waals surface area contributed by atoms with Crippen LogP contribution in [-0.4, -0.2) is 37.0 Å². The summed E-state index contributed by atoms with van der Waals surface area (Å²) in [4.78, 5) is 16.8. The van der Waals surface area contributed by atoms with E-state index in [0.29, 0.717) is 5.02 Å². The van der Waals surface area contributed by atoms with E-state index >= 15 is 0 Å². The van der Waals surface area contributed by atoms with Crippen LogP contribution in [0.4, 0.5) is 11.4 Å². The van der Waals surface area contributed by atoms with Crippen molar-refractivity contribution in [3.8, 4) is 0 Å². The zero-order valence-corrected chi connectivity index (χ0v) is 15.0. The Balaban J connectivity index is 1.54. The number of hydrogen-bond donors (Lipinski definition) is 1. The molecule has 1 aliphatic rings. The van der Waals surface area contributed by atoms with E-state index in [0.717, 1.165) is 37.6 Å². The molecule has 2 aromatic carbocycles. The zero-order valence-electron chi connectivity index (χ0n) is 14.3. The molecule has 4 nitrogen and oxygen atoms in total. The molecule has 1 fully saturated rings. The highest BCUT2D eigenvalue weighted by Crippen LogP contribution is 2.18. The first-order chi connectivity index (χ1) is 12.1. The van der Waals surface area contributed by atoms with Crippen LogP contribution in [0.2, 0.25) is 5.02 Å². The number of rotatable bonds is 4. The van der Waals surface area contributed by atoms with Crippen LogP contribution in [0.1, 0.15) is 6.92 Å². The van der Waals surface area contributed by atoms with Gasteiger partial charge in [0.15, 0.2) is 0 Å². The van der Waals surface area contributed by atoms with Gasteiger partial charge in [0.1, 0.15) is 0 Å². The fraction of sp³-hybridized carbons (Fsp3) is 0.250. The van der Waals surface area contributed by atoms with Gasteiger partial charge >= 0.3 is 0 Å². The second-order valence-corrected chi connectivity index (χ2v) is 6.53. The van der Waals surface area contributed by atoms with E-state index in [4.69, 9.17) is 11.6 Å². The summed E-state index contributed by atoms with van der Waals surface area (Å²) in [5.74, 6) is -0.120. The summed E-state index contributed by atoms with van der Waals surface area (Å²) >= 11 is 5.85. The minimum atomic E-state index is -0.120. The van der Waals surface area contributed by atoms with Gasteiger partial charge in [-0.05, 0) is 43.3 Å². The van der Waals surface area contributed by atoms with Gasteiger partial charge in [-0.15, -0.1) is 0 Å². The monoisotopic (exact) mass is 355 g/mol. The summed E-state index contributed by atoms with van der Waals surface area (Å²) in [7, 11) is 0. The second kappa shape index (κ2) is 8.08. The maximum Gasteiger partial charge on any atom is 0.250 e. The molecule has 0 unspecified atom stereocenters. The van der Waals surface area contributed by atoms with Gasteiger partial charge in [0.05, 0.1) is 0 Å². The number of hydrogen-bond acceptors (Lipinski definition) is 3. The van der Waals surface area contributed by atoms with E-state index in [1.165, 1.54) is 5.69 Å². The Bertz CT molecular complexity index is 735. The number of piperazine rings is 1. The van der Waals surface area contributed by atoms with E-state index in [-0.39, 0.29) is 5.91 Å². The van der Waals surface area contributed by atoms with E-state index < -0.39 is 0 Å². The molecule has 1 amide bonds. The normalized spacial score (nSPS) is 15.2. The molecule has 2 aromatic rings. The Morgan fingerprint density at radius 2 is 1.64 bits per heavy atom. The molecule has 1 aliphatic heterocycles. The first-order valence-corrected chi connectivity index (χ1v) is 8.79. The Kier molecular flexibility index (Phi) is 5.61. The third-order valence-corrected chi connectivity index (χ3v) is 4.60. The van der Waals surface area contributed by atoms with Gasteiger partial charge < -0.3 is 15.1 Å². The topological polar surface area (TPSA) is 35.6 Å². The van der Waals surface area contributed by atoms with Crippen LogP contribution in [0, 0.1) is 0 Å². The predicted octanol–water partition coefficient (Wildman–Crippen LogP) is 4.00. The number of para-hydroxylation sites is 1. The molecule has 0 saturated carbocycles. The second-order valence-electron chi connectivity index (χ2n) is 6.09. The van der Waals surface area contributed by atoms with Crippen LogP contribution in [0.3, 0.4) is 0 Å². The first kappa shape index (κ1) is 17.4. The van der Waals surface area contributed by atoms with Crippen LogP contribution in [0.25, 0.3) is 0 Å². The largest absolute Gasteiger partial charge is 0.371 e. The predicted molar refractivity (Wildman–Crippen MR) is 104 cm³/mol. The summed E-state index contributed by atoms with van der Waals surface area (Å²) in [6.45, 7) is 5.71. The van der Waals surface area contributed by atoms with Crippen molar-refractivity contribution in [1.82, 2.24) is 4.90 Å². The Morgan fingerprint density at radius 3 is 2.28 bits per heavy atom. The lowest BCUT2D eigenvalue weighted by Gasteiger charge is -2.37. The highest BCUT2D eigenvalue weighted by atomic mass is 35.5. The number of nitrogens with zero attached hydrogens (tertiary/aromatic N) is 2. The Labute approximate surface area is 153 Å². The van der Waals surface area contributed by atoms with Gasteiger partial charge in [0.25, 0.3) is 0 Å². The molecule has 0 radical (unpaired) electrons. The van der Waals surface area contributed by atoms with Crippen molar-refractivity contribution in [2.45, 2.75) is 6.92 Å². The molecule has 5 heteroatoms. The summed E-state index contributed by atoms with van der Waals surface area (Å²) in [6.07, 6.45) is 1.66. The van der Waals surface area contributed by atoms with Gasteiger partial charge in [-0.25, -0.2) is 0 Å². The minimum Gasteiger partial charge on any atom is -0.371 e. The van der Waals surface area contributed by atoms with E-state index in [9.17, 15) is 4.79 Å². The van der Waals surface area contributed by atoms with Gasteiger partial charge in [0, 0.05) is 54.3 Å². The smallest absolute Gasteiger partial charge is 0.250 e. The standard InChI is InChI=1S/C20H22ClN3O/c1-16(15-20(25)22-18-9-7-17(21)8-10-18)23-11-13-24(14-12-23)19-5-3-2-4-6-19/h2-10,15H,11-14H2,1H3,(H,22,25). The number of nitrogens with one attached hydrogen (secondary N) is 1. The minimum absolute atomic E-state index is 0.120. The number of allylic oxidation sites excluding steroid dienone is 1. The molecule has 1 saturated heterocycles. The average Bonchev–Trinajstić information content (AvgIpc) is 2.64. The molecule has 25 heavy (non-hydrogen) atoms. The Morgan fingerprint density at radius 1 is 1.00 bits per heavy atom. The Hall–Kier alpha value is -2.46. The zero-order chi connectivity index (χ0) is 17.6. The maximum absolute atomic E-state index is 12.2. The molecule has 0 atom stereocenters. The lowest BCUT2D eigenvalue weighted by atomic mass is 10.2. The van der Waals surface area contributed by atoms with Crippen molar-refractivity contribution in [2.24, 2.45) is 0 Å². The maximum atomic E-state index is 12.2. The number of amides is 1. The molecule has 0 aliphatic carbocycles. The number of carbonyl (C=O) groups is 1. The van der Waals surface area contributed by atoms with Crippen LogP contribution >= 0.6 is 11.6 Å².